The normalized spacial score (nSPS) is 11.8. The van der Waals surface area contributed by atoms with E-state index in [0.717, 1.165) is 0 Å². The van der Waals surface area contributed by atoms with Crippen LogP contribution in [0, 0.1) is 5.92 Å². The van der Waals surface area contributed by atoms with E-state index in [2.05, 4.69) is 0 Å². The van der Waals surface area contributed by atoms with Crippen LogP contribution < -0.4 is 0 Å². The van der Waals surface area contributed by atoms with Crippen LogP contribution in [0.5, 0.6) is 0 Å². The van der Waals surface area contributed by atoms with Gasteiger partial charge in [0, 0.05) is 12.0 Å². The van der Waals surface area contributed by atoms with Gasteiger partial charge in [0.15, 0.2) is 5.78 Å². The van der Waals surface area contributed by atoms with Crippen LogP contribution in [0.3, 0.4) is 0 Å². The topological polar surface area (TPSA) is 71.4 Å². The van der Waals surface area contributed by atoms with Crippen LogP contribution >= 0.6 is 0 Å². The maximum Gasteiger partial charge on any atom is 0.314 e. The van der Waals surface area contributed by atoms with Gasteiger partial charge >= 0.3 is 5.97 Å². The molecule has 1 rings (SSSR count). The standard InChI is InChI=1S/C12H12O4/c1-8(13)10(12(15)16)7-11(14)9-5-3-2-4-6-9/h2-6,10H,7H2,1H3,(H,15,16). The zero-order valence-corrected chi connectivity index (χ0v) is 8.84. The molecule has 0 aliphatic carbocycles. The van der Waals surface area contributed by atoms with Gasteiger partial charge in [0.05, 0.1) is 0 Å². The first-order chi connectivity index (χ1) is 7.52. The Labute approximate surface area is 92.9 Å². The number of carbonyl (C=O) groups excluding carboxylic acids is 2. The van der Waals surface area contributed by atoms with Crippen molar-refractivity contribution >= 4 is 17.5 Å². The van der Waals surface area contributed by atoms with Gasteiger partial charge in [-0.2, -0.15) is 0 Å². The fraction of sp³-hybridized carbons (Fsp3) is 0.250. The van der Waals surface area contributed by atoms with Crippen molar-refractivity contribution in [3.63, 3.8) is 0 Å². The monoisotopic (exact) mass is 220 g/mol. The molecule has 84 valence electrons. The molecule has 0 fully saturated rings. The van der Waals surface area contributed by atoms with Gasteiger partial charge in [-0.1, -0.05) is 30.3 Å². The number of hydrogen-bond donors (Lipinski definition) is 1. The fourth-order valence-corrected chi connectivity index (χ4v) is 1.33. The Morgan fingerprint density at radius 1 is 1.19 bits per heavy atom. The lowest BCUT2D eigenvalue weighted by Crippen LogP contribution is -2.24. The Balaban J connectivity index is 2.77. The lowest BCUT2D eigenvalue weighted by Gasteiger charge is -2.07. The average molecular weight is 220 g/mol. The van der Waals surface area contributed by atoms with Crippen molar-refractivity contribution in [2.24, 2.45) is 5.92 Å². The highest BCUT2D eigenvalue weighted by molar-refractivity contribution is 6.05. The maximum atomic E-state index is 11.6. The molecule has 0 bridgehead atoms. The molecule has 0 heterocycles. The molecule has 1 atom stereocenters. The minimum absolute atomic E-state index is 0.283. The van der Waals surface area contributed by atoms with Crippen molar-refractivity contribution in [1.82, 2.24) is 0 Å². The second-order valence-electron chi connectivity index (χ2n) is 3.49. The summed E-state index contributed by atoms with van der Waals surface area (Å²) in [7, 11) is 0. The lowest BCUT2D eigenvalue weighted by atomic mass is 9.95. The number of benzene rings is 1. The summed E-state index contributed by atoms with van der Waals surface area (Å²) in [5.74, 6) is -3.33. The molecule has 1 N–H and O–H groups in total. The van der Waals surface area contributed by atoms with Gasteiger partial charge in [-0.3, -0.25) is 14.4 Å². The first kappa shape index (κ1) is 12.1. The summed E-state index contributed by atoms with van der Waals surface area (Å²) in [6, 6.07) is 8.34. The summed E-state index contributed by atoms with van der Waals surface area (Å²) in [6.45, 7) is 1.18. The third-order valence-corrected chi connectivity index (χ3v) is 2.27. The molecule has 1 unspecified atom stereocenters. The predicted molar refractivity (Wildman–Crippen MR) is 57.2 cm³/mol. The van der Waals surface area contributed by atoms with Gasteiger partial charge in [-0.15, -0.1) is 0 Å². The van der Waals surface area contributed by atoms with Gasteiger partial charge in [0.2, 0.25) is 0 Å². The Bertz CT molecular complexity index is 394. The summed E-state index contributed by atoms with van der Waals surface area (Å²) >= 11 is 0. The summed E-state index contributed by atoms with van der Waals surface area (Å²) in [6.07, 6.45) is -0.283. The number of ketones is 2. The number of carboxylic acid groups (broad SMARTS) is 1. The van der Waals surface area contributed by atoms with Crippen LogP contribution in [0.2, 0.25) is 0 Å². The van der Waals surface area contributed by atoms with Crippen LogP contribution in [-0.4, -0.2) is 22.6 Å². The molecule has 16 heavy (non-hydrogen) atoms. The van der Waals surface area contributed by atoms with Gasteiger partial charge in [-0.25, -0.2) is 0 Å². The van der Waals surface area contributed by atoms with Crippen LogP contribution in [0.15, 0.2) is 30.3 Å². The lowest BCUT2D eigenvalue weighted by molar-refractivity contribution is -0.145. The molecule has 1 aromatic carbocycles. The smallest absolute Gasteiger partial charge is 0.314 e. The fourth-order valence-electron chi connectivity index (χ4n) is 1.33. The average Bonchev–Trinajstić information content (AvgIpc) is 2.25. The van der Waals surface area contributed by atoms with E-state index in [9.17, 15) is 14.4 Å². The van der Waals surface area contributed by atoms with Gasteiger partial charge in [0.25, 0.3) is 0 Å². The van der Waals surface area contributed by atoms with E-state index in [1.54, 1.807) is 30.3 Å². The highest BCUT2D eigenvalue weighted by Gasteiger charge is 2.25. The first-order valence-corrected chi connectivity index (χ1v) is 4.84. The minimum atomic E-state index is -1.25. The molecule has 0 aromatic heterocycles. The molecule has 0 saturated carbocycles. The molecule has 4 nitrogen and oxygen atoms in total. The predicted octanol–water partition coefficient (Wildman–Crippen LogP) is 1.55. The molecule has 0 amide bonds. The number of Topliss-reactive ketones (excluding diaryl/α,β-unsaturated/α-hetero) is 2. The number of hydrogen-bond acceptors (Lipinski definition) is 3. The van der Waals surface area contributed by atoms with Crippen LogP contribution in [-0.2, 0) is 9.59 Å². The number of carbonyl (C=O) groups is 3. The van der Waals surface area contributed by atoms with Crippen LogP contribution in [0.4, 0.5) is 0 Å². The molecule has 0 radical (unpaired) electrons. The summed E-state index contributed by atoms with van der Waals surface area (Å²) in [5, 5.41) is 8.77. The van der Waals surface area contributed by atoms with Gasteiger partial charge < -0.3 is 5.11 Å². The third kappa shape index (κ3) is 3.02. The van der Waals surface area contributed by atoms with Crippen molar-refractivity contribution in [2.75, 3.05) is 0 Å². The van der Waals surface area contributed by atoms with Crippen molar-refractivity contribution in [3.8, 4) is 0 Å². The van der Waals surface area contributed by atoms with Crippen LogP contribution in [0.1, 0.15) is 23.7 Å². The van der Waals surface area contributed by atoms with Crippen molar-refractivity contribution in [3.05, 3.63) is 35.9 Å². The highest BCUT2D eigenvalue weighted by atomic mass is 16.4. The molecule has 1 aromatic rings. The third-order valence-electron chi connectivity index (χ3n) is 2.27. The second-order valence-corrected chi connectivity index (χ2v) is 3.49. The molecule has 0 spiro atoms. The molecule has 4 heteroatoms. The quantitative estimate of drug-likeness (QED) is 0.603. The van der Waals surface area contributed by atoms with E-state index in [0.29, 0.717) is 5.56 Å². The molecular weight excluding hydrogens is 208 g/mol. The Morgan fingerprint density at radius 2 is 1.75 bits per heavy atom. The Hall–Kier alpha value is -1.97. The van der Waals surface area contributed by atoms with Crippen molar-refractivity contribution in [1.29, 1.82) is 0 Å². The molecule has 0 aliphatic rings. The minimum Gasteiger partial charge on any atom is -0.481 e. The molecular formula is C12H12O4. The van der Waals surface area contributed by atoms with Crippen molar-refractivity contribution in [2.45, 2.75) is 13.3 Å². The zero-order chi connectivity index (χ0) is 12.1. The number of aliphatic carboxylic acids is 1. The summed E-state index contributed by atoms with van der Waals surface area (Å²) < 4.78 is 0. The van der Waals surface area contributed by atoms with E-state index in [1.807, 2.05) is 0 Å². The highest BCUT2D eigenvalue weighted by Crippen LogP contribution is 2.11. The molecule has 0 aliphatic heterocycles. The second kappa shape index (κ2) is 5.21. The molecule has 0 saturated heterocycles. The Morgan fingerprint density at radius 3 is 2.19 bits per heavy atom. The van der Waals surface area contributed by atoms with E-state index in [-0.39, 0.29) is 12.2 Å². The van der Waals surface area contributed by atoms with Gasteiger partial charge in [-0.05, 0) is 6.92 Å². The first-order valence-electron chi connectivity index (χ1n) is 4.84. The largest absolute Gasteiger partial charge is 0.481 e. The van der Waals surface area contributed by atoms with E-state index in [4.69, 9.17) is 5.11 Å². The maximum absolute atomic E-state index is 11.6. The van der Waals surface area contributed by atoms with E-state index < -0.39 is 17.7 Å². The number of rotatable bonds is 5. The SMILES string of the molecule is CC(=O)C(CC(=O)c1ccccc1)C(=O)O. The van der Waals surface area contributed by atoms with E-state index >= 15 is 0 Å². The summed E-state index contributed by atoms with van der Waals surface area (Å²) in [5.41, 5.74) is 0.426. The number of carboxylic acids is 1. The van der Waals surface area contributed by atoms with Crippen molar-refractivity contribution < 1.29 is 19.5 Å². The Kier molecular flexibility index (Phi) is 3.94. The van der Waals surface area contributed by atoms with Gasteiger partial charge in [0.1, 0.15) is 11.7 Å². The van der Waals surface area contributed by atoms with Crippen LogP contribution in [0.25, 0.3) is 0 Å². The van der Waals surface area contributed by atoms with E-state index in [1.165, 1.54) is 6.92 Å². The zero-order valence-electron chi connectivity index (χ0n) is 8.84. The summed E-state index contributed by atoms with van der Waals surface area (Å²) in [4.78, 5) is 33.4.